The molecule has 1 heterocycles. The number of amides is 2. The summed E-state index contributed by atoms with van der Waals surface area (Å²) in [4.78, 5) is 16.5. The van der Waals surface area contributed by atoms with Crippen molar-refractivity contribution in [2.45, 2.75) is 32.7 Å². The van der Waals surface area contributed by atoms with Gasteiger partial charge in [-0.05, 0) is 37.5 Å². The Labute approximate surface area is 148 Å². The smallest absolute Gasteiger partial charge is 0.317 e. The fourth-order valence-corrected chi connectivity index (χ4v) is 3.27. The number of hydrogen-bond donors (Lipinski definition) is 1. The number of carbonyl (C=O) groups excluding carboxylic acids is 1. The van der Waals surface area contributed by atoms with Crippen molar-refractivity contribution < 1.29 is 4.79 Å². The number of carbonyl (C=O) groups is 1. The second-order valence-corrected chi connectivity index (χ2v) is 6.84. The first kappa shape index (κ1) is 18.4. The van der Waals surface area contributed by atoms with Gasteiger partial charge >= 0.3 is 6.03 Å². The fraction of sp³-hybridized carbons (Fsp3) is 0.588. The van der Waals surface area contributed by atoms with Gasteiger partial charge in [0.2, 0.25) is 0 Å². The average Bonchev–Trinajstić information content (AvgIpc) is 2.56. The van der Waals surface area contributed by atoms with E-state index in [-0.39, 0.29) is 6.03 Å². The molecule has 1 saturated heterocycles. The van der Waals surface area contributed by atoms with Crippen LogP contribution in [0.1, 0.15) is 25.8 Å². The van der Waals surface area contributed by atoms with Gasteiger partial charge in [0.15, 0.2) is 0 Å². The molecule has 2 rings (SSSR count). The van der Waals surface area contributed by atoms with E-state index in [0.717, 1.165) is 38.2 Å². The molecule has 0 bridgehead atoms. The maximum Gasteiger partial charge on any atom is 0.317 e. The van der Waals surface area contributed by atoms with Crippen LogP contribution in [-0.4, -0.2) is 54.6 Å². The molecule has 1 fully saturated rings. The summed E-state index contributed by atoms with van der Waals surface area (Å²) in [5.41, 5.74) is 0.998. The quantitative estimate of drug-likeness (QED) is 0.872. The number of urea groups is 1. The van der Waals surface area contributed by atoms with Gasteiger partial charge in [-0.2, -0.15) is 0 Å². The van der Waals surface area contributed by atoms with E-state index < -0.39 is 0 Å². The third-order valence-electron chi connectivity index (χ3n) is 4.50. The van der Waals surface area contributed by atoms with Crippen molar-refractivity contribution in [1.29, 1.82) is 0 Å². The van der Waals surface area contributed by atoms with Crippen molar-refractivity contribution in [3.05, 3.63) is 33.8 Å². The molecule has 1 atom stereocenters. The largest absolute Gasteiger partial charge is 0.338 e. The topological polar surface area (TPSA) is 35.6 Å². The zero-order valence-corrected chi connectivity index (χ0v) is 15.3. The molecule has 1 N–H and O–H groups in total. The SMILES string of the molecule is CCC(C)N1CCN(C(=O)NCCc2ccc(Cl)cc2Cl)CC1. The van der Waals surface area contributed by atoms with E-state index >= 15 is 0 Å². The van der Waals surface area contributed by atoms with Gasteiger partial charge in [0, 0.05) is 48.8 Å². The Hall–Kier alpha value is -0.970. The van der Waals surface area contributed by atoms with Crippen molar-refractivity contribution in [1.82, 2.24) is 15.1 Å². The van der Waals surface area contributed by atoms with Crippen molar-refractivity contribution in [2.24, 2.45) is 0 Å². The van der Waals surface area contributed by atoms with E-state index in [1.165, 1.54) is 0 Å². The van der Waals surface area contributed by atoms with E-state index in [0.29, 0.717) is 29.1 Å². The Bertz CT molecular complexity index is 531. The van der Waals surface area contributed by atoms with E-state index in [9.17, 15) is 4.79 Å². The summed E-state index contributed by atoms with van der Waals surface area (Å²) in [6.45, 7) is 8.50. The highest BCUT2D eigenvalue weighted by Crippen LogP contribution is 2.21. The number of nitrogens with zero attached hydrogens (tertiary/aromatic N) is 2. The summed E-state index contributed by atoms with van der Waals surface area (Å²) >= 11 is 12.0. The molecule has 1 aromatic rings. The van der Waals surface area contributed by atoms with Crippen LogP contribution in [0.15, 0.2) is 18.2 Å². The van der Waals surface area contributed by atoms with Gasteiger partial charge < -0.3 is 10.2 Å². The number of hydrogen-bond acceptors (Lipinski definition) is 2. The number of rotatable bonds is 5. The maximum atomic E-state index is 12.2. The summed E-state index contributed by atoms with van der Waals surface area (Å²) in [6, 6.07) is 6.06. The highest BCUT2D eigenvalue weighted by molar-refractivity contribution is 6.35. The molecule has 0 aromatic heterocycles. The van der Waals surface area contributed by atoms with Crippen LogP contribution in [0, 0.1) is 0 Å². The standard InChI is InChI=1S/C17H25Cl2N3O/c1-3-13(2)21-8-10-22(11-9-21)17(23)20-7-6-14-4-5-15(18)12-16(14)19/h4-5,12-13H,3,6-11H2,1-2H3,(H,20,23). The minimum Gasteiger partial charge on any atom is -0.338 e. The molecule has 1 aromatic carbocycles. The minimum atomic E-state index is 0.0129. The number of piperazine rings is 1. The first-order chi connectivity index (χ1) is 11.0. The molecule has 6 heteroatoms. The van der Waals surface area contributed by atoms with Crippen LogP contribution < -0.4 is 5.32 Å². The van der Waals surface area contributed by atoms with Crippen molar-refractivity contribution >= 4 is 29.2 Å². The molecule has 23 heavy (non-hydrogen) atoms. The van der Waals surface area contributed by atoms with Crippen LogP contribution in [0.2, 0.25) is 10.0 Å². The number of nitrogens with one attached hydrogen (secondary N) is 1. The molecule has 0 radical (unpaired) electrons. The predicted molar refractivity (Wildman–Crippen MR) is 96.5 cm³/mol. The van der Waals surface area contributed by atoms with Gasteiger partial charge in [-0.1, -0.05) is 36.2 Å². The van der Waals surface area contributed by atoms with Gasteiger partial charge in [-0.25, -0.2) is 4.79 Å². The molecule has 1 unspecified atom stereocenters. The lowest BCUT2D eigenvalue weighted by atomic mass is 10.1. The molecule has 0 saturated carbocycles. The first-order valence-electron chi connectivity index (χ1n) is 8.22. The zero-order chi connectivity index (χ0) is 16.8. The van der Waals surface area contributed by atoms with Crippen LogP contribution in [-0.2, 0) is 6.42 Å². The summed E-state index contributed by atoms with van der Waals surface area (Å²) in [5, 5.41) is 4.25. The van der Waals surface area contributed by atoms with Gasteiger partial charge in [0.25, 0.3) is 0 Å². The van der Waals surface area contributed by atoms with Crippen LogP contribution in [0.25, 0.3) is 0 Å². The molecular formula is C17H25Cl2N3O. The monoisotopic (exact) mass is 357 g/mol. The van der Waals surface area contributed by atoms with Gasteiger partial charge in [-0.15, -0.1) is 0 Å². The summed E-state index contributed by atoms with van der Waals surface area (Å²) < 4.78 is 0. The van der Waals surface area contributed by atoms with E-state index in [4.69, 9.17) is 23.2 Å². The highest BCUT2D eigenvalue weighted by Gasteiger charge is 2.22. The number of halogens is 2. The summed E-state index contributed by atoms with van der Waals surface area (Å²) in [7, 11) is 0. The normalized spacial score (nSPS) is 17.1. The molecule has 128 valence electrons. The molecule has 4 nitrogen and oxygen atoms in total. The van der Waals surface area contributed by atoms with Crippen molar-refractivity contribution in [3.8, 4) is 0 Å². The first-order valence-corrected chi connectivity index (χ1v) is 8.97. The van der Waals surface area contributed by atoms with E-state index in [2.05, 4.69) is 24.1 Å². The second kappa shape index (κ2) is 8.76. The zero-order valence-electron chi connectivity index (χ0n) is 13.8. The van der Waals surface area contributed by atoms with Crippen LogP contribution in [0.4, 0.5) is 4.79 Å². The predicted octanol–water partition coefficient (Wildman–Crippen LogP) is 3.66. The lowest BCUT2D eigenvalue weighted by molar-refractivity contribution is 0.112. The van der Waals surface area contributed by atoms with Crippen molar-refractivity contribution in [3.63, 3.8) is 0 Å². The highest BCUT2D eigenvalue weighted by atomic mass is 35.5. The third kappa shape index (κ3) is 5.27. The van der Waals surface area contributed by atoms with E-state index in [1.807, 2.05) is 17.0 Å². The maximum absolute atomic E-state index is 12.2. The molecule has 1 aliphatic heterocycles. The Morgan fingerprint density at radius 1 is 1.26 bits per heavy atom. The lowest BCUT2D eigenvalue weighted by Gasteiger charge is -2.37. The minimum absolute atomic E-state index is 0.0129. The van der Waals surface area contributed by atoms with Crippen molar-refractivity contribution in [2.75, 3.05) is 32.7 Å². The molecule has 0 spiro atoms. The Kier molecular flexibility index (Phi) is 7.00. The van der Waals surface area contributed by atoms with Gasteiger partial charge in [0.1, 0.15) is 0 Å². The molecular weight excluding hydrogens is 333 g/mol. The Balaban J connectivity index is 1.73. The Morgan fingerprint density at radius 2 is 1.96 bits per heavy atom. The Morgan fingerprint density at radius 3 is 2.57 bits per heavy atom. The second-order valence-electron chi connectivity index (χ2n) is 6.00. The number of benzene rings is 1. The van der Waals surface area contributed by atoms with E-state index in [1.54, 1.807) is 6.07 Å². The van der Waals surface area contributed by atoms with Gasteiger partial charge in [0.05, 0.1) is 0 Å². The third-order valence-corrected chi connectivity index (χ3v) is 5.09. The average molecular weight is 358 g/mol. The van der Waals surface area contributed by atoms with Crippen LogP contribution in [0.3, 0.4) is 0 Å². The van der Waals surface area contributed by atoms with Crippen LogP contribution >= 0.6 is 23.2 Å². The molecule has 0 aliphatic carbocycles. The fourth-order valence-electron chi connectivity index (χ4n) is 2.76. The summed E-state index contributed by atoms with van der Waals surface area (Å²) in [6.07, 6.45) is 1.85. The van der Waals surface area contributed by atoms with Gasteiger partial charge in [-0.3, -0.25) is 4.90 Å². The summed E-state index contributed by atoms with van der Waals surface area (Å²) in [5.74, 6) is 0. The molecule has 1 aliphatic rings. The van der Waals surface area contributed by atoms with Crippen LogP contribution in [0.5, 0.6) is 0 Å². The lowest BCUT2D eigenvalue weighted by Crippen LogP contribution is -2.53. The molecule has 2 amide bonds.